The highest BCUT2D eigenvalue weighted by Crippen LogP contribution is 2.26. The Balaban J connectivity index is 3.85. The summed E-state index contributed by atoms with van der Waals surface area (Å²) in [5, 5.41) is 0. The minimum atomic E-state index is -2.27. The Hall–Kier alpha value is 0.477. The summed E-state index contributed by atoms with van der Waals surface area (Å²) in [5.41, 5.74) is -0.959. The van der Waals surface area contributed by atoms with Crippen LogP contribution in [-0.2, 0) is 37.9 Å². The molecule has 0 heterocycles. The molecule has 0 fully saturated rings. The third-order valence-corrected chi connectivity index (χ3v) is 6.98. The molecule has 0 aromatic rings. The minimum Gasteiger partial charge on any atom is -0.382 e. The molecule has 0 aromatic heterocycles. The van der Waals surface area contributed by atoms with Crippen molar-refractivity contribution < 1.29 is 37.9 Å². The fraction of sp³-hybridized carbons (Fsp3) is 1.00. The van der Waals surface area contributed by atoms with Crippen molar-refractivity contribution in [1.29, 1.82) is 0 Å². The lowest BCUT2D eigenvalue weighted by atomic mass is 10.4. The van der Waals surface area contributed by atoms with Gasteiger partial charge in [-0.1, -0.05) is 6.92 Å². The Morgan fingerprint density at radius 1 is 0.571 bits per heavy atom. The van der Waals surface area contributed by atoms with Crippen molar-refractivity contribution in [2.45, 2.75) is 18.8 Å². The van der Waals surface area contributed by atoms with Gasteiger partial charge in [0.05, 0.1) is 79.3 Å². The summed E-state index contributed by atoms with van der Waals surface area (Å²) in [5.74, 6) is 0. The molecule has 0 amide bonds. The molecule has 0 radical (unpaired) electrons. The second kappa shape index (κ2) is 20.7. The third kappa shape index (κ3) is 15.3. The van der Waals surface area contributed by atoms with E-state index in [4.69, 9.17) is 60.1 Å². The van der Waals surface area contributed by atoms with Crippen molar-refractivity contribution in [3.8, 4) is 0 Å². The van der Waals surface area contributed by atoms with Gasteiger partial charge in [0.2, 0.25) is 0 Å². The van der Waals surface area contributed by atoms with Crippen LogP contribution in [0.5, 0.6) is 0 Å². The van der Waals surface area contributed by atoms with Gasteiger partial charge in [0.15, 0.2) is 5.41 Å². The SMILES string of the molecule is CCC(OCCOCCOCCOC)(OCCOCCOCCOC)[SiH](Cl)Cl. The van der Waals surface area contributed by atoms with E-state index in [2.05, 4.69) is 0 Å². The summed E-state index contributed by atoms with van der Waals surface area (Å²) in [6, 6.07) is 0. The first-order valence-electron chi connectivity index (χ1n) is 9.47. The topological polar surface area (TPSA) is 73.8 Å². The standard InChI is InChI=1S/C17H36Cl2O8Si/c1-4-17(28(18)19,26-15-13-24-11-9-22-7-5-20-2)27-16-14-25-12-10-23-8-6-21-3/h28H,4-16H2,1-3H3. The van der Waals surface area contributed by atoms with Crippen molar-refractivity contribution in [3.63, 3.8) is 0 Å². The van der Waals surface area contributed by atoms with Crippen LogP contribution >= 0.6 is 22.2 Å². The first kappa shape index (κ1) is 28.5. The van der Waals surface area contributed by atoms with E-state index in [9.17, 15) is 0 Å². The molecule has 0 atom stereocenters. The molecule has 0 unspecified atom stereocenters. The zero-order chi connectivity index (χ0) is 20.9. The van der Waals surface area contributed by atoms with Crippen molar-refractivity contribution in [1.82, 2.24) is 0 Å². The van der Waals surface area contributed by atoms with Crippen LogP contribution < -0.4 is 0 Å². The molecule has 0 aliphatic carbocycles. The van der Waals surface area contributed by atoms with E-state index < -0.39 is 12.8 Å². The molecule has 0 N–H and O–H groups in total. The summed E-state index contributed by atoms with van der Waals surface area (Å²) >= 11 is 12.5. The molecule has 0 aromatic carbocycles. The lowest BCUT2D eigenvalue weighted by Gasteiger charge is -2.33. The van der Waals surface area contributed by atoms with Gasteiger partial charge in [0.25, 0.3) is 7.42 Å². The number of hydrogen-bond donors (Lipinski definition) is 0. The molecule has 28 heavy (non-hydrogen) atoms. The Labute approximate surface area is 179 Å². The minimum absolute atomic E-state index is 0.336. The van der Waals surface area contributed by atoms with Crippen LogP contribution in [0, 0.1) is 0 Å². The molecule has 0 saturated carbocycles. The predicted molar refractivity (Wildman–Crippen MR) is 111 cm³/mol. The molecule has 0 spiro atoms. The van der Waals surface area contributed by atoms with Crippen LogP contribution in [0.15, 0.2) is 0 Å². The van der Waals surface area contributed by atoms with Gasteiger partial charge < -0.3 is 37.9 Å². The molecular weight excluding hydrogens is 431 g/mol. The van der Waals surface area contributed by atoms with Crippen LogP contribution in [0.25, 0.3) is 0 Å². The molecule has 0 saturated heterocycles. The maximum absolute atomic E-state index is 6.23. The average molecular weight is 467 g/mol. The summed E-state index contributed by atoms with van der Waals surface area (Å²) in [6.07, 6.45) is 0.553. The van der Waals surface area contributed by atoms with Crippen LogP contribution in [0.3, 0.4) is 0 Å². The molecule has 170 valence electrons. The Bertz CT molecular complexity index is 308. The highest BCUT2D eigenvalue weighted by molar-refractivity contribution is 7.34. The van der Waals surface area contributed by atoms with Gasteiger partial charge in [-0.05, 0) is 6.42 Å². The number of rotatable bonds is 22. The van der Waals surface area contributed by atoms with Gasteiger partial charge in [-0.2, -0.15) is 0 Å². The number of ether oxygens (including phenoxy) is 8. The fourth-order valence-electron chi connectivity index (χ4n) is 2.00. The molecule has 0 aliphatic heterocycles. The lowest BCUT2D eigenvalue weighted by molar-refractivity contribution is -0.195. The van der Waals surface area contributed by atoms with Crippen LogP contribution in [0.1, 0.15) is 13.3 Å². The number of methoxy groups -OCH3 is 2. The van der Waals surface area contributed by atoms with Crippen molar-refractivity contribution in [2.24, 2.45) is 0 Å². The van der Waals surface area contributed by atoms with E-state index in [0.29, 0.717) is 85.7 Å². The lowest BCUT2D eigenvalue weighted by Crippen LogP contribution is -2.46. The third-order valence-electron chi connectivity index (χ3n) is 3.58. The predicted octanol–water partition coefficient (Wildman–Crippen LogP) is 1.72. The van der Waals surface area contributed by atoms with Crippen LogP contribution in [-0.4, -0.2) is 106 Å². The van der Waals surface area contributed by atoms with Gasteiger partial charge >= 0.3 is 0 Å². The molecule has 8 nitrogen and oxygen atoms in total. The fourth-order valence-corrected chi connectivity index (χ4v) is 4.48. The maximum Gasteiger partial charge on any atom is 0.299 e. The van der Waals surface area contributed by atoms with Crippen molar-refractivity contribution in [2.75, 3.05) is 93.5 Å². The molecule has 0 rings (SSSR count). The van der Waals surface area contributed by atoms with Gasteiger partial charge in [0.1, 0.15) is 0 Å². The highest BCUT2D eigenvalue weighted by atomic mass is 35.7. The maximum atomic E-state index is 6.23. The number of halogens is 2. The second-order valence-corrected chi connectivity index (χ2v) is 10.4. The van der Waals surface area contributed by atoms with E-state index in [-0.39, 0.29) is 0 Å². The molecule has 11 heteroatoms. The zero-order valence-corrected chi connectivity index (χ0v) is 20.0. The van der Waals surface area contributed by atoms with E-state index >= 15 is 0 Å². The summed E-state index contributed by atoms with van der Waals surface area (Å²) < 4.78 is 43.1. The van der Waals surface area contributed by atoms with Gasteiger partial charge in [-0.3, -0.25) is 0 Å². The van der Waals surface area contributed by atoms with Gasteiger partial charge in [-0.15, -0.1) is 22.2 Å². The van der Waals surface area contributed by atoms with Gasteiger partial charge in [-0.25, -0.2) is 0 Å². The largest absolute Gasteiger partial charge is 0.382 e. The van der Waals surface area contributed by atoms with Crippen molar-refractivity contribution >= 4 is 29.6 Å². The summed E-state index contributed by atoms with van der Waals surface area (Å²) in [6.45, 7) is 7.64. The van der Waals surface area contributed by atoms with E-state index in [1.165, 1.54) is 0 Å². The van der Waals surface area contributed by atoms with E-state index in [1.807, 2.05) is 6.92 Å². The van der Waals surface area contributed by atoms with E-state index in [0.717, 1.165) is 0 Å². The smallest absolute Gasteiger partial charge is 0.299 e. The zero-order valence-electron chi connectivity index (χ0n) is 17.3. The quantitative estimate of drug-likeness (QED) is 0.103. The first-order chi connectivity index (χ1) is 13.6. The Kier molecular flexibility index (Phi) is 21.1. The molecular formula is C17H36Cl2O8Si. The molecule has 0 bridgehead atoms. The van der Waals surface area contributed by atoms with Crippen LogP contribution in [0.2, 0.25) is 0 Å². The summed E-state index contributed by atoms with van der Waals surface area (Å²) in [4.78, 5) is 0. The average Bonchev–Trinajstić information content (AvgIpc) is 2.69. The normalized spacial score (nSPS) is 12.2. The second-order valence-electron chi connectivity index (χ2n) is 5.60. The highest BCUT2D eigenvalue weighted by Gasteiger charge is 2.39. The summed E-state index contributed by atoms with van der Waals surface area (Å²) in [7, 11) is 1.00. The van der Waals surface area contributed by atoms with Gasteiger partial charge in [0, 0.05) is 14.2 Å². The number of hydrogen-bond acceptors (Lipinski definition) is 8. The Morgan fingerprint density at radius 2 is 0.893 bits per heavy atom. The molecule has 0 aliphatic rings. The van der Waals surface area contributed by atoms with E-state index in [1.54, 1.807) is 14.2 Å². The monoisotopic (exact) mass is 466 g/mol. The first-order valence-corrected chi connectivity index (χ1v) is 13.5. The Morgan fingerprint density at radius 3 is 1.18 bits per heavy atom. The van der Waals surface area contributed by atoms with Crippen molar-refractivity contribution in [3.05, 3.63) is 0 Å². The van der Waals surface area contributed by atoms with Crippen LogP contribution in [0.4, 0.5) is 0 Å².